The molecular weight excluding hydrogens is 168 g/mol. The van der Waals surface area contributed by atoms with E-state index in [1.807, 2.05) is 11.8 Å². The van der Waals surface area contributed by atoms with Crippen LogP contribution in [-0.2, 0) is 0 Å². The fourth-order valence-electron chi connectivity index (χ4n) is 1.07. The molecule has 0 aromatic carbocycles. The monoisotopic (exact) mass is 190 g/mol. The molecule has 2 N–H and O–H groups in total. The van der Waals surface area contributed by atoms with Crippen molar-refractivity contribution in [3.63, 3.8) is 0 Å². The summed E-state index contributed by atoms with van der Waals surface area (Å²) in [4.78, 5) is 2.39. The molecule has 2 nitrogen and oxygen atoms in total. The van der Waals surface area contributed by atoms with Gasteiger partial charge in [-0.3, -0.25) is 0 Å². The largest absolute Gasteiger partial charge is 0.330 e. The Morgan fingerprint density at radius 2 is 2.17 bits per heavy atom. The van der Waals surface area contributed by atoms with E-state index < -0.39 is 0 Å². The second-order valence-electron chi connectivity index (χ2n) is 3.25. The summed E-state index contributed by atoms with van der Waals surface area (Å²) in [7, 11) is 2.18. The van der Waals surface area contributed by atoms with E-state index in [9.17, 15) is 0 Å². The highest BCUT2D eigenvalue weighted by molar-refractivity contribution is 7.98. The van der Waals surface area contributed by atoms with Crippen LogP contribution in [0.25, 0.3) is 0 Å². The van der Waals surface area contributed by atoms with Crippen LogP contribution < -0.4 is 5.73 Å². The third kappa shape index (κ3) is 5.86. The summed E-state index contributed by atoms with van der Waals surface area (Å²) in [6.45, 7) is 4.22. The van der Waals surface area contributed by atoms with Gasteiger partial charge in [-0.15, -0.1) is 0 Å². The van der Waals surface area contributed by atoms with Crippen LogP contribution in [0, 0.1) is 0 Å². The Labute approximate surface area is 80.9 Å². The minimum absolute atomic E-state index is 0.698. The first-order valence-electron chi connectivity index (χ1n) is 4.61. The van der Waals surface area contributed by atoms with Crippen molar-refractivity contribution in [3.05, 3.63) is 0 Å². The van der Waals surface area contributed by atoms with E-state index in [2.05, 4.69) is 25.1 Å². The predicted molar refractivity (Wildman–Crippen MR) is 58.8 cm³/mol. The first-order chi connectivity index (χ1) is 5.72. The molecule has 74 valence electrons. The van der Waals surface area contributed by atoms with Crippen molar-refractivity contribution in [2.45, 2.75) is 25.8 Å². The van der Waals surface area contributed by atoms with Gasteiger partial charge in [0, 0.05) is 6.04 Å². The Balaban J connectivity index is 3.39. The number of nitrogens with two attached hydrogens (primary N) is 1. The van der Waals surface area contributed by atoms with Crippen molar-refractivity contribution in [2.75, 3.05) is 32.1 Å². The van der Waals surface area contributed by atoms with Crippen LogP contribution in [0.15, 0.2) is 0 Å². The van der Waals surface area contributed by atoms with Crippen LogP contribution in [0.2, 0.25) is 0 Å². The first-order valence-corrected chi connectivity index (χ1v) is 6.01. The van der Waals surface area contributed by atoms with E-state index in [0.717, 1.165) is 19.5 Å². The molecule has 0 amide bonds. The summed E-state index contributed by atoms with van der Waals surface area (Å²) in [5.41, 5.74) is 5.45. The summed E-state index contributed by atoms with van der Waals surface area (Å²) >= 11 is 1.92. The third-order valence-electron chi connectivity index (χ3n) is 2.21. The second kappa shape index (κ2) is 7.90. The Morgan fingerprint density at radius 3 is 2.67 bits per heavy atom. The fourth-order valence-corrected chi connectivity index (χ4v) is 1.65. The van der Waals surface area contributed by atoms with Gasteiger partial charge in [0.1, 0.15) is 0 Å². The molecule has 0 aliphatic carbocycles. The highest BCUT2D eigenvalue weighted by atomic mass is 32.2. The van der Waals surface area contributed by atoms with Gasteiger partial charge in [0.15, 0.2) is 0 Å². The molecule has 0 rings (SSSR count). The Hall–Kier alpha value is 0.270. The molecule has 0 aromatic rings. The van der Waals surface area contributed by atoms with Crippen LogP contribution in [0.1, 0.15) is 19.8 Å². The summed E-state index contributed by atoms with van der Waals surface area (Å²) in [6.07, 6.45) is 4.55. The summed E-state index contributed by atoms with van der Waals surface area (Å²) in [5, 5.41) is 0. The van der Waals surface area contributed by atoms with E-state index >= 15 is 0 Å². The molecular formula is C9H22N2S. The average Bonchev–Trinajstić information content (AvgIpc) is 2.10. The first kappa shape index (κ1) is 12.3. The normalized spacial score (nSPS) is 13.8. The molecule has 0 aliphatic heterocycles. The lowest BCUT2D eigenvalue weighted by molar-refractivity contribution is 0.252. The SMILES string of the molecule is CSCCC(C)N(C)CCCN. The molecule has 0 saturated carbocycles. The zero-order valence-electron chi connectivity index (χ0n) is 8.55. The summed E-state index contributed by atoms with van der Waals surface area (Å²) in [5.74, 6) is 1.26. The van der Waals surface area contributed by atoms with Gasteiger partial charge in [-0.05, 0) is 51.9 Å². The number of thioether (sulfide) groups is 1. The predicted octanol–water partition coefficient (Wildman–Crippen LogP) is 1.41. The summed E-state index contributed by atoms with van der Waals surface area (Å²) in [6, 6.07) is 0.698. The quantitative estimate of drug-likeness (QED) is 0.658. The average molecular weight is 190 g/mol. The van der Waals surface area contributed by atoms with Gasteiger partial charge >= 0.3 is 0 Å². The van der Waals surface area contributed by atoms with Crippen LogP contribution in [0.5, 0.6) is 0 Å². The van der Waals surface area contributed by atoms with Crippen molar-refractivity contribution in [1.82, 2.24) is 4.90 Å². The van der Waals surface area contributed by atoms with E-state index in [0.29, 0.717) is 6.04 Å². The van der Waals surface area contributed by atoms with Crippen molar-refractivity contribution in [1.29, 1.82) is 0 Å². The maximum absolute atomic E-state index is 5.45. The second-order valence-corrected chi connectivity index (χ2v) is 4.24. The van der Waals surface area contributed by atoms with Gasteiger partial charge in [-0.1, -0.05) is 0 Å². The van der Waals surface area contributed by atoms with Crippen molar-refractivity contribution in [3.8, 4) is 0 Å². The topological polar surface area (TPSA) is 29.3 Å². The standard InChI is InChI=1S/C9H22N2S/c1-9(5-8-12-3)11(2)7-4-6-10/h9H,4-8,10H2,1-3H3. The lowest BCUT2D eigenvalue weighted by Crippen LogP contribution is -2.31. The highest BCUT2D eigenvalue weighted by Gasteiger charge is 2.06. The Bertz CT molecular complexity index is 86.5. The van der Waals surface area contributed by atoms with Crippen LogP contribution in [0.4, 0.5) is 0 Å². The van der Waals surface area contributed by atoms with Crippen LogP contribution >= 0.6 is 11.8 Å². The number of hydrogen-bond donors (Lipinski definition) is 1. The molecule has 0 radical (unpaired) electrons. The molecule has 1 atom stereocenters. The Morgan fingerprint density at radius 1 is 1.50 bits per heavy atom. The molecule has 3 heteroatoms. The smallest absolute Gasteiger partial charge is 0.00717 e. The van der Waals surface area contributed by atoms with Crippen molar-refractivity contribution < 1.29 is 0 Å². The highest BCUT2D eigenvalue weighted by Crippen LogP contribution is 2.05. The molecule has 0 aliphatic rings. The number of nitrogens with zero attached hydrogens (tertiary/aromatic N) is 1. The molecule has 0 saturated heterocycles. The maximum Gasteiger partial charge on any atom is 0.00717 e. The third-order valence-corrected chi connectivity index (χ3v) is 2.85. The van der Waals surface area contributed by atoms with E-state index in [4.69, 9.17) is 5.73 Å². The minimum Gasteiger partial charge on any atom is -0.330 e. The van der Waals surface area contributed by atoms with E-state index in [-0.39, 0.29) is 0 Å². The van der Waals surface area contributed by atoms with Crippen molar-refractivity contribution in [2.24, 2.45) is 5.73 Å². The molecule has 0 bridgehead atoms. The lowest BCUT2D eigenvalue weighted by atomic mass is 10.2. The molecule has 1 unspecified atom stereocenters. The molecule has 0 aromatic heterocycles. The molecule has 0 fully saturated rings. The van der Waals surface area contributed by atoms with Gasteiger partial charge in [-0.2, -0.15) is 11.8 Å². The van der Waals surface area contributed by atoms with Gasteiger partial charge in [0.25, 0.3) is 0 Å². The molecule has 12 heavy (non-hydrogen) atoms. The molecule has 0 heterocycles. The van der Waals surface area contributed by atoms with Gasteiger partial charge in [0.2, 0.25) is 0 Å². The lowest BCUT2D eigenvalue weighted by Gasteiger charge is -2.24. The van der Waals surface area contributed by atoms with Gasteiger partial charge in [0.05, 0.1) is 0 Å². The summed E-state index contributed by atoms with van der Waals surface area (Å²) < 4.78 is 0. The van der Waals surface area contributed by atoms with Crippen LogP contribution in [-0.4, -0.2) is 43.1 Å². The van der Waals surface area contributed by atoms with Crippen LogP contribution in [0.3, 0.4) is 0 Å². The number of hydrogen-bond acceptors (Lipinski definition) is 3. The zero-order chi connectivity index (χ0) is 9.40. The van der Waals surface area contributed by atoms with Gasteiger partial charge < -0.3 is 10.6 Å². The van der Waals surface area contributed by atoms with E-state index in [1.165, 1.54) is 12.2 Å². The van der Waals surface area contributed by atoms with Crippen molar-refractivity contribution >= 4 is 11.8 Å². The number of rotatable bonds is 7. The zero-order valence-corrected chi connectivity index (χ0v) is 9.36. The van der Waals surface area contributed by atoms with E-state index in [1.54, 1.807) is 0 Å². The minimum atomic E-state index is 0.698. The fraction of sp³-hybridized carbons (Fsp3) is 1.00. The molecule has 0 spiro atoms. The Kier molecular flexibility index (Phi) is 8.07. The maximum atomic E-state index is 5.45. The van der Waals surface area contributed by atoms with Gasteiger partial charge in [-0.25, -0.2) is 0 Å².